The number of nitrogens with zero attached hydrogens (tertiary/aromatic N) is 2. The molecule has 54 heavy (non-hydrogen) atoms. The first kappa shape index (κ1) is 36.1. The van der Waals surface area contributed by atoms with E-state index in [1.54, 1.807) is 11.8 Å². The van der Waals surface area contributed by atoms with Crippen molar-refractivity contribution in [2.75, 3.05) is 10.2 Å². The van der Waals surface area contributed by atoms with Crippen molar-refractivity contribution < 1.29 is 9.15 Å². The normalized spacial score (nSPS) is 14.7. The number of oxazole rings is 1. The van der Waals surface area contributed by atoms with Crippen molar-refractivity contribution in [1.29, 1.82) is 0 Å². The number of benzene rings is 5. The summed E-state index contributed by atoms with van der Waals surface area (Å²) in [4.78, 5) is 9.34. The third kappa shape index (κ3) is 7.89. The highest BCUT2D eigenvalue weighted by atomic mass is 32.2. The molecule has 0 radical (unpaired) electrons. The fraction of sp³-hybridized carbons (Fsp3) is 0.104. The first-order valence-corrected chi connectivity index (χ1v) is 18.9. The summed E-state index contributed by atoms with van der Waals surface area (Å²) in [5.74, 6) is 1.44. The number of hydrogen-bond donors (Lipinski definition) is 1. The van der Waals surface area contributed by atoms with E-state index in [4.69, 9.17) is 14.1 Å². The van der Waals surface area contributed by atoms with E-state index in [0.717, 1.165) is 62.7 Å². The van der Waals surface area contributed by atoms with Gasteiger partial charge < -0.3 is 19.4 Å². The standard InChI is InChI=1S/C48H43N3O2S/c1-6-9-21-45(33(4)7-2)54-46-22-15-10-16-40(46)35-24-29-38(30-25-35)51(37(8-3)28-23-34(5)47-49-41-17-11-13-19-43(41)52-47)39-31-26-36(27-32-39)48-50-42-18-12-14-20-44(42)53-48/h6,8-32,48,50H,1,3,7H2,2,4-5H3/b21-9-,34-23+,37-28+,45-33-. The van der Waals surface area contributed by atoms with Gasteiger partial charge in [0.1, 0.15) is 11.3 Å². The van der Waals surface area contributed by atoms with Gasteiger partial charge in [-0.05, 0) is 104 Å². The van der Waals surface area contributed by atoms with Crippen LogP contribution in [0.15, 0.2) is 196 Å². The molecule has 1 N–H and O–H groups in total. The van der Waals surface area contributed by atoms with Crippen LogP contribution in [0.1, 0.15) is 44.9 Å². The lowest BCUT2D eigenvalue weighted by Crippen LogP contribution is -2.16. The van der Waals surface area contributed by atoms with E-state index in [1.165, 1.54) is 20.9 Å². The number of nitrogens with one attached hydrogen (secondary N) is 1. The Morgan fingerprint density at radius 3 is 2.26 bits per heavy atom. The molecule has 0 amide bonds. The molecule has 0 spiro atoms. The molecule has 0 aliphatic carbocycles. The molecule has 2 heterocycles. The van der Waals surface area contributed by atoms with Crippen LogP contribution in [0.5, 0.6) is 5.75 Å². The summed E-state index contributed by atoms with van der Waals surface area (Å²) in [6, 6.07) is 41.6. The monoisotopic (exact) mass is 725 g/mol. The van der Waals surface area contributed by atoms with Crippen LogP contribution in [-0.2, 0) is 0 Å². The van der Waals surface area contributed by atoms with Crippen LogP contribution in [0.4, 0.5) is 17.1 Å². The van der Waals surface area contributed by atoms with E-state index >= 15 is 0 Å². The number of fused-ring (bicyclic) bond motifs is 2. The molecule has 1 atom stereocenters. The Kier molecular flexibility index (Phi) is 11.1. The number of ether oxygens (including phenoxy) is 1. The lowest BCUT2D eigenvalue weighted by atomic mass is 10.0. The summed E-state index contributed by atoms with van der Waals surface area (Å²) in [6.45, 7) is 14.5. The predicted octanol–water partition coefficient (Wildman–Crippen LogP) is 13.8. The Morgan fingerprint density at radius 1 is 0.833 bits per heavy atom. The van der Waals surface area contributed by atoms with Crippen molar-refractivity contribution >= 4 is 45.5 Å². The molecule has 0 saturated carbocycles. The summed E-state index contributed by atoms with van der Waals surface area (Å²) in [6.07, 6.45) is 12.7. The molecule has 1 aromatic heterocycles. The lowest BCUT2D eigenvalue weighted by Gasteiger charge is -2.27. The molecule has 5 nitrogen and oxygen atoms in total. The van der Waals surface area contributed by atoms with E-state index < -0.39 is 0 Å². The number of allylic oxidation sites excluding steroid dienone is 8. The van der Waals surface area contributed by atoms with Crippen LogP contribution in [0.25, 0.3) is 27.8 Å². The highest BCUT2D eigenvalue weighted by Gasteiger charge is 2.23. The van der Waals surface area contributed by atoms with E-state index in [1.807, 2.05) is 79.8 Å². The maximum absolute atomic E-state index is 6.22. The average molecular weight is 726 g/mol. The first-order valence-electron chi connectivity index (χ1n) is 18.1. The molecule has 0 fully saturated rings. The number of aromatic nitrogens is 1. The fourth-order valence-corrected chi connectivity index (χ4v) is 7.38. The maximum Gasteiger partial charge on any atom is 0.222 e. The molecule has 7 rings (SSSR count). The summed E-state index contributed by atoms with van der Waals surface area (Å²) in [5, 5.41) is 3.48. The van der Waals surface area contributed by atoms with Gasteiger partial charge in [-0.1, -0.05) is 122 Å². The number of thioether (sulfide) groups is 1. The number of para-hydroxylation sites is 4. The second kappa shape index (κ2) is 16.6. The number of rotatable bonds is 13. The summed E-state index contributed by atoms with van der Waals surface area (Å²) < 4.78 is 12.3. The first-order chi connectivity index (χ1) is 26.4. The molecule has 0 bridgehead atoms. The minimum absolute atomic E-state index is 0.262. The van der Waals surface area contributed by atoms with Gasteiger partial charge >= 0.3 is 0 Å². The van der Waals surface area contributed by atoms with Crippen molar-refractivity contribution in [2.45, 2.75) is 38.3 Å². The minimum Gasteiger partial charge on any atom is -0.464 e. The zero-order valence-electron chi connectivity index (χ0n) is 30.8. The SMILES string of the molecule is C=C/C=C\C(Sc1ccccc1-c1ccc(N(/C(C=C)=C/C=C(\C)c2nc3ccccc3o2)c2ccc(C3Nc4ccccc4O3)cc2)cc1)=C(/C)CC. The predicted molar refractivity (Wildman–Crippen MR) is 228 cm³/mol. The zero-order valence-corrected chi connectivity index (χ0v) is 31.6. The molecular formula is C48H43N3O2S. The number of anilines is 3. The Bertz CT molecular complexity index is 2360. The van der Waals surface area contributed by atoms with Crippen molar-refractivity contribution in [3.8, 4) is 16.9 Å². The highest BCUT2D eigenvalue weighted by Crippen LogP contribution is 2.41. The molecule has 5 aromatic carbocycles. The van der Waals surface area contributed by atoms with Crippen molar-refractivity contribution in [2.24, 2.45) is 0 Å². The van der Waals surface area contributed by atoms with Gasteiger partial charge in [0.25, 0.3) is 0 Å². The van der Waals surface area contributed by atoms with Crippen LogP contribution < -0.4 is 15.0 Å². The van der Waals surface area contributed by atoms with E-state index in [2.05, 4.69) is 122 Å². The van der Waals surface area contributed by atoms with Gasteiger partial charge in [0.05, 0.1) is 5.69 Å². The van der Waals surface area contributed by atoms with Crippen molar-refractivity contribution in [3.63, 3.8) is 0 Å². The average Bonchev–Trinajstić information content (AvgIpc) is 3.86. The fourth-order valence-electron chi connectivity index (χ4n) is 6.24. The highest BCUT2D eigenvalue weighted by molar-refractivity contribution is 8.03. The molecular weight excluding hydrogens is 683 g/mol. The summed E-state index contributed by atoms with van der Waals surface area (Å²) >= 11 is 1.79. The van der Waals surface area contributed by atoms with Crippen LogP contribution in [0.2, 0.25) is 0 Å². The molecule has 1 aliphatic heterocycles. The van der Waals surface area contributed by atoms with Gasteiger partial charge in [-0.25, -0.2) is 4.98 Å². The van der Waals surface area contributed by atoms with Crippen molar-refractivity contribution in [1.82, 2.24) is 4.98 Å². The summed E-state index contributed by atoms with van der Waals surface area (Å²) in [7, 11) is 0. The molecule has 6 heteroatoms. The van der Waals surface area contributed by atoms with Gasteiger partial charge in [0, 0.05) is 38.0 Å². The van der Waals surface area contributed by atoms with E-state index in [-0.39, 0.29) is 6.23 Å². The topological polar surface area (TPSA) is 50.5 Å². The van der Waals surface area contributed by atoms with E-state index in [0.29, 0.717) is 5.89 Å². The quantitative estimate of drug-likeness (QED) is 0.0945. The van der Waals surface area contributed by atoms with E-state index in [9.17, 15) is 0 Å². The Morgan fingerprint density at radius 2 is 1.54 bits per heavy atom. The minimum atomic E-state index is -0.262. The maximum atomic E-state index is 6.22. The Labute approximate surface area is 322 Å². The van der Waals surface area contributed by atoms with Crippen LogP contribution >= 0.6 is 11.8 Å². The third-order valence-electron chi connectivity index (χ3n) is 9.35. The van der Waals surface area contributed by atoms with Gasteiger partial charge in [-0.15, -0.1) is 0 Å². The smallest absolute Gasteiger partial charge is 0.222 e. The lowest BCUT2D eigenvalue weighted by molar-refractivity contribution is 0.260. The summed E-state index contributed by atoms with van der Waals surface area (Å²) in [5.41, 5.74) is 11.1. The van der Waals surface area contributed by atoms with Gasteiger partial charge in [-0.2, -0.15) is 0 Å². The second-order valence-corrected chi connectivity index (χ2v) is 14.0. The van der Waals surface area contributed by atoms with Crippen LogP contribution in [0, 0.1) is 0 Å². The van der Waals surface area contributed by atoms with Gasteiger partial charge in [-0.3, -0.25) is 0 Å². The molecule has 6 aromatic rings. The van der Waals surface area contributed by atoms with Crippen LogP contribution in [0.3, 0.4) is 0 Å². The molecule has 1 unspecified atom stereocenters. The largest absolute Gasteiger partial charge is 0.464 e. The Hall–Kier alpha value is -6.24. The number of hydrogen-bond acceptors (Lipinski definition) is 6. The second-order valence-electron chi connectivity index (χ2n) is 12.9. The third-order valence-corrected chi connectivity index (χ3v) is 10.6. The van der Waals surface area contributed by atoms with Crippen LogP contribution in [-0.4, -0.2) is 4.98 Å². The van der Waals surface area contributed by atoms with Gasteiger partial charge in [0.2, 0.25) is 5.89 Å². The molecule has 0 saturated heterocycles. The molecule has 268 valence electrons. The Balaban J connectivity index is 1.24. The zero-order chi connectivity index (χ0) is 37.4. The van der Waals surface area contributed by atoms with Crippen molar-refractivity contribution in [3.05, 3.63) is 199 Å². The van der Waals surface area contributed by atoms with Gasteiger partial charge in [0.15, 0.2) is 11.8 Å². The molecule has 1 aliphatic rings.